The fourth-order valence-corrected chi connectivity index (χ4v) is 2.95. The van der Waals surface area contributed by atoms with E-state index in [9.17, 15) is 19.5 Å². The summed E-state index contributed by atoms with van der Waals surface area (Å²) in [5.74, 6) is -2.94. The summed E-state index contributed by atoms with van der Waals surface area (Å²) in [6, 6.07) is 4.34. The Hall–Kier alpha value is -2.28. The average Bonchev–Trinajstić information content (AvgIpc) is 2.50. The second-order valence-corrected chi connectivity index (χ2v) is 5.78. The van der Waals surface area contributed by atoms with Crippen molar-refractivity contribution < 1.29 is 24.6 Å². The molecule has 0 aromatic heterocycles. The van der Waals surface area contributed by atoms with E-state index in [2.05, 4.69) is 0 Å². The van der Waals surface area contributed by atoms with Gasteiger partial charge in [0.2, 0.25) is 0 Å². The first-order valence-corrected chi connectivity index (χ1v) is 7.89. The molecule has 0 spiro atoms. The fourth-order valence-electron chi connectivity index (χ4n) is 2.68. The Bertz CT molecular complexity index is 649. The van der Waals surface area contributed by atoms with Gasteiger partial charge in [0, 0.05) is 18.7 Å². The number of likely N-dealkylation sites (N-methyl/N-ethyl adjacent to an activating group) is 1. The van der Waals surface area contributed by atoms with Crippen molar-refractivity contribution in [1.82, 2.24) is 4.90 Å². The predicted molar refractivity (Wildman–Crippen MR) is 90.1 cm³/mol. The highest BCUT2D eigenvalue weighted by molar-refractivity contribution is 6.34. The Morgan fingerprint density at radius 1 is 1.25 bits per heavy atom. The van der Waals surface area contributed by atoms with Crippen molar-refractivity contribution in [3.8, 4) is 0 Å². The number of aliphatic carboxylic acids is 2. The van der Waals surface area contributed by atoms with E-state index >= 15 is 0 Å². The number of benzene rings is 1. The molecule has 0 radical (unpaired) electrons. The molecule has 0 heterocycles. The summed E-state index contributed by atoms with van der Waals surface area (Å²) >= 11 is 6.06. The quantitative estimate of drug-likeness (QED) is 0.615. The normalized spacial score (nSPS) is 13.1. The summed E-state index contributed by atoms with van der Waals surface area (Å²) < 4.78 is 0. The van der Waals surface area contributed by atoms with Gasteiger partial charge < -0.3 is 20.8 Å². The second-order valence-electron chi connectivity index (χ2n) is 5.37. The zero-order valence-corrected chi connectivity index (χ0v) is 14.3. The number of nitrogens with two attached hydrogens (primary N) is 1. The van der Waals surface area contributed by atoms with Crippen LogP contribution < -0.4 is 5.73 Å². The van der Waals surface area contributed by atoms with Crippen molar-refractivity contribution in [1.29, 1.82) is 0 Å². The molecule has 0 aliphatic carbocycles. The largest absolute Gasteiger partial charge is 0.481 e. The van der Waals surface area contributed by atoms with Crippen LogP contribution in [-0.4, -0.2) is 45.0 Å². The number of carboxylic acids is 2. The molecule has 1 rings (SSSR count). The lowest BCUT2D eigenvalue weighted by molar-refractivity contribution is -0.151. The van der Waals surface area contributed by atoms with Gasteiger partial charge in [-0.15, -0.1) is 0 Å². The molecule has 0 aliphatic rings. The molecule has 1 amide bonds. The van der Waals surface area contributed by atoms with E-state index in [1.54, 1.807) is 13.8 Å². The minimum Gasteiger partial charge on any atom is -0.481 e. The van der Waals surface area contributed by atoms with Crippen molar-refractivity contribution in [2.45, 2.75) is 38.6 Å². The predicted octanol–water partition coefficient (Wildman–Crippen LogP) is 2.48. The molecule has 1 aromatic rings. The minimum atomic E-state index is -1.62. The number of carbonyl (C=O) groups is 3. The van der Waals surface area contributed by atoms with E-state index in [-0.39, 0.29) is 36.4 Å². The Kier molecular flexibility index (Phi) is 6.60. The zero-order chi connectivity index (χ0) is 18.5. The number of hydrogen-bond donors (Lipinski definition) is 3. The molecule has 1 aromatic carbocycles. The summed E-state index contributed by atoms with van der Waals surface area (Å²) in [4.78, 5) is 36.8. The van der Waals surface area contributed by atoms with Crippen molar-refractivity contribution in [2.24, 2.45) is 0 Å². The summed E-state index contributed by atoms with van der Waals surface area (Å²) in [5, 5.41) is 18.7. The maximum absolute atomic E-state index is 12.9. The van der Waals surface area contributed by atoms with Gasteiger partial charge >= 0.3 is 11.9 Å². The lowest BCUT2D eigenvalue weighted by atomic mass is 9.87. The van der Waals surface area contributed by atoms with Crippen LogP contribution in [-0.2, 0) is 9.59 Å². The monoisotopic (exact) mass is 356 g/mol. The molecule has 4 N–H and O–H groups in total. The molecule has 1 atom stereocenters. The topological polar surface area (TPSA) is 121 Å². The van der Waals surface area contributed by atoms with Gasteiger partial charge in [-0.1, -0.05) is 18.5 Å². The molecular weight excluding hydrogens is 336 g/mol. The highest BCUT2D eigenvalue weighted by atomic mass is 35.5. The van der Waals surface area contributed by atoms with Crippen LogP contribution in [0.25, 0.3) is 0 Å². The fraction of sp³-hybridized carbons (Fsp3) is 0.438. The van der Waals surface area contributed by atoms with E-state index in [1.807, 2.05) is 0 Å². The standard InChI is InChI=1S/C16H21ClN2O5/c1-3-16(15(23)24,8-7-13(20)21)19(4-2)14(22)11-6-5-10(18)9-12(11)17/h5-6,9H,3-4,7-8,18H2,1-2H3,(H,20,21)(H,23,24)/t16-/m0/s1. The average molecular weight is 357 g/mol. The summed E-state index contributed by atoms with van der Waals surface area (Å²) in [7, 11) is 0. The van der Waals surface area contributed by atoms with Crippen LogP contribution in [0.15, 0.2) is 18.2 Å². The molecule has 0 saturated carbocycles. The first-order valence-electron chi connectivity index (χ1n) is 7.51. The number of nitrogens with zero attached hydrogens (tertiary/aromatic N) is 1. The SMILES string of the molecule is CCN(C(=O)c1ccc(N)cc1Cl)[C@@](CC)(CCC(=O)O)C(=O)O. The van der Waals surface area contributed by atoms with Gasteiger partial charge in [0.15, 0.2) is 0 Å². The molecule has 7 nitrogen and oxygen atoms in total. The van der Waals surface area contributed by atoms with Crippen LogP contribution in [0.3, 0.4) is 0 Å². The van der Waals surface area contributed by atoms with E-state index in [1.165, 1.54) is 18.2 Å². The van der Waals surface area contributed by atoms with Gasteiger partial charge in [0.1, 0.15) is 5.54 Å². The molecule has 0 unspecified atom stereocenters. The molecule has 0 aliphatic heterocycles. The van der Waals surface area contributed by atoms with Crippen molar-refractivity contribution in [2.75, 3.05) is 12.3 Å². The Balaban J connectivity index is 3.33. The lowest BCUT2D eigenvalue weighted by Gasteiger charge is -2.39. The van der Waals surface area contributed by atoms with Crippen molar-refractivity contribution in [3.05, 3.63) is 28.8 Å². The van der Waals surface area contributed by atoms with E-state index < -0.39 is 23.4 Å². The molecule has 0 fully saturated rings. The van der Waals surface area contributed by atoms with Gasteiger partial charge in [-0.25, -0.2) is 4.79 Å². The zero-order valence-electron chi connectivity index (χ0n) is 13.6. The lowest BCUT2D eigenvalue weighted by Crippen LogP contribution is -2.57. The van der Waals surface area contributed by atoms with E-state index in [4.69, 9.17) is 22.4 Å². The number of halogens is 1. The first kappa shape index (κ1) is 19.8. The second kappa shape index (κ2) is 8.01. The molecule has 132 valence electrons. The molecular formula is C16H21ClN2O5. The number of hydrogen-bond acceptors (Lipinski definition) is 4. The first-order chi connectivity index (χ1) is 11.2. The number of carboxylic acid groups (broad SMARTS) is 2. The number of nitrogen functional groups attached to an aromatic ring is 1. The number of amides is 1. The van der Waals surface area contributed by atoms with E-state index in [0.29, 0.717) is 5.69 Å². The summed E-state index contributed by atoms with van der Waals surface area (Å²) in [6.45, 7) is 3.34. The third-order valence-corrected chi connectivity index (χ3v) is 4.35. The third kappa shape index (κ3) is 3.97. The van der Waals surface area contributed by atoms with Crippen LogP contribution >= 0.6 is 11.6 Å². The minimum absolute atomic E-state index is 0.0712. The van der Waals surface area contributed by atoms with Gasteiger partial charge in [0.05, 0.1) is 10.6 Å². The Morgan fingerprint density at radius 2 is 1.88 bits per heavy atom. The van der Waals surface area contributed by atoms with Gasteiger partial charge in [-0.2, -0.15) is 0 Å². The summed E-state index contributed by atoms with van der Waals surface area (Å²) in [6.07, 6.45) is -0.485. The highest BCUT2D eigenvalue weighted by Crippen LogP contribution is 2.30. The Morgan fingerprint density at radius 3 is 2.29 bits per heavy atom. The van der Waals surface area contributed by atoms with Crippen molar-refractivity contribution in [3.63, 3.8) is 0 Å². The molecule has 0 bridgehead atoms. The number of carbonyl (C=O) groups excluding carboxylic acids is 1. The van der Waals surface area contributed by atoms with Crippen LogP contribution in [0.4, 0.5) is 5.69 Å². The van der Waals surface area contributed by atoms with Crippen LogP contribution in [0.5, 0.6) is 0 Å². The van der Waals surface area contributed by atoms with Gasteiger partial charge in [-0.05, 0) is 38.0 Å². The molecule has 8 heteroatoms. The van der Waals surface area contributed by atoms with Crippen LogP contribution in [0.1, 0.15) is 43.5 Å². The summed E-state index contributed by atoms with van der Waals surface area (Å²) in [5.41, 5.74) is 4.50. The molecule has 0 saturated heterocycles. The van der Waals surface area contributed by atoms with E-state index in [0.717, 1.165) is 4.90 Å². The van der Waals surface area contributed by atoms with Crippen molar-refractivity contribution >= 4 is 35.1 Å². The van der Waals surface area contributed by atoms with Crippen LogP contribution in [0.2, 0.25) is 5.02 Å². The smallest absolute Gasteiger partial charge is 0.329 e. The molecule has 24 heavy (non-hydrogen) atoms. The number of anilines is 1. The van der Waals surface area contributed by atoms with Crippen LogP contribution in [0, 0.1) is 0 Å². The highest BCUT2D eigenvalue weighted by Gasteiger charge is 2.45. The maximum Gasteiger partial charge on any atom is 0.329 e. The maximum atomic E-state index is 12.9. The van der Waals surface area contributed by atoms with Gasteiger partial charge in [-0.3, -0.25) is 9.59 Å². The third-order valence-electron chi connectivity index (χ3n) is 4.04. The Labute approximate surface area is 145 Å². The number of rotatable bonds is 8. The van der Waals surface area contributed by atoms with Gasteiger partial charge in [0.25, 0.3) is 5.91 Å².